The zero-order valence-corrected chi connectivity index (χ0v) is 13.5. The molecule has 0 saturated carbocycles. The smallest absolute Gasteiger partial charge is 0.258 e. The van der Waals surface area contributed by atoms with Crippen molar-refractivity contribution in [2.75, 3.05) is 5.73 Å². The number of anilines is 1. The van der Waals surface area contributed by atoms with Crippen LogP contribution in [0.4, 0.5) is 5.69 Å². The molecule has 0 bridgehead atoms. The van der Waals surface area contributed by atoms with E-state index >= 15 is 0 Å². The Balaban J connectivity index is 2.16. The van der Waals surface area contributed by atoms with Crippen molar-refractivity contribution in [3.8, 4) is 11.5 Å². The van der Waals surface area contributed by atoms with Crippen LogP contribution >= 0.6 is 35.0 Å². The number of aromatic nitrogens is 2. The summed E-state index contributed by atoms with van der Waals surface area (Å²) in [5, 5.41) is 5.28. The minimum atomic E-state index is 0.351. The quantitative estimate of drug-likeness (QED) is 0.807. The fourth-order valence-electron chi connectivity index (χ4n) is 1.47. The van der Waals surface area contributed by atoms with Crippen molar-refractivity contribution in [2.24, 2.45) is 0 Å². The Hall–Kier alpha value is -0.910. The van der Waals surface area contributed by atoms with Gasteiger partial charge in [0.25, 0.3) is 5.89 Å². The van der Waals surface area contributed by atoms with Gasteiger partial charge in [-0.05, 0) is 18.6 Å². The van der Waals surface area contributed by atoms with Crippen molar-refractivity contribution in [3.63, 3.8) is 0 Å². The molecule has 0 saturated heterocycles. The van der Waals surface area contributed by atoms with E-state index < -0.39 is 0 Å². The standard InChI is InChI=1S/C13H15Cl2N3OS/c1-3-7(2)20-6-11-17-13(19-18-11)8-4-9(14)12(16)10(15)5-8/h4-5,7H,3,6,16H2,1-2H3. The second kappa shape index (κ2) is 6.70. The third-order valence-electron chi connectivity index (χ3n) is 2.87. The number of halogens is 2. The summed E-state index contributed by atoms with van der Waals surface area (Å²) in [5.74, 6) is 1.78. The van der Waals surface area contributed by atoms with Gasteiger partial charge in [0.1, 0.15) is 0 Å². The number of nitrogen functional groups attached to an aromatic ring is 1. The van der Waals surface area contributed by atoms with E-state index in [0.29, 0.717) is 38.3 Å². The highest BCUT2D eigenvalue weighted by atomic mass is 35.5. The molecule has 0 amide bonds. The van der Waals surface area contributed by atoms with Gasteiger partial charge in [-0.3, -0.25) is 0 Å². The van der Waals surface area contributed by atoms with Crippen LogP contribution in [0.1, 0.15) is 26.1 Å². The number of thioether (sulfide) groups is 1. The summed E-state index contributed by atoms with van der Waals surface area (Å²) in [4.78, 5) is 4.34. The van der Waals surface area contributed by atoms with Crippen molar-refractivity contribution in [1.82, 2.24) is 10.1 Å². The lowest BCUT2D eigenvalue weighted by atomic mass is 10.2. The average molecular weight is 332 g/mol. The zero-order valence-electron chi connectivity index (χ0n) is 11.2. The summed E-state index contributed by atoms with van der Waals surface area (Å²) in [6.07, 6.45) is 1.11. The van der Waals surface area contributed by atoms with Crippen LogP contribution in [-0.2, 0) is 5.75 Å². The summed E-state index contributed by atoms with van der Waals surface area (Å²) in [7, 11) is 0. The maximum atomic E-state index is 5.99. The van der Waals surface area contributed by atoms with Crippen molar-refractivity contribution in [1.29, 1.82) is 0 Å². The number of rotatable bonds is 5. The molecule has 1 unspecified atom stereocenters. The van der Waals surface area contributed by atoms with Gasteiger partial charge in [-0.25, -0.2) is 0 Å². The molecule has 7 heteroatoms. The fourth-order valence-corrected chi connectivity index (χ4v) is 2.75. The van der Waals surface area contributed by atoms with Gasteiger partial charge in [0.15, 0.2) is 5.82 Å². The number of benzene rings is 1. The van der Waals surface area contributed by atoms with Crippen LogP contribution in [0.15, 0.2) is 16.7 Å². The maximum absolute atomic E-state index is 5.99. The highest BCUT2D eigenvalue weighted by molar-refractivity contribution is 7.99. The van der Waals surface area contributed by atoms with Crippen LogP contribution in [0.2, 0.25) is 10.0 Å². The van der Waals surface area contributed by atoms with Gasteiger partial charge >= 0.3 is 0 Å². The van der Waals surface area contributed by atoms with Crippen molar-refractivity contribution < 1.29 is 4.52 Å². The molecular formula is C13H15Cl2N3OS. The summed E-state index contributed by atoms with van der Waals surface area (Å²) < 4.78 is 5.23. The number of nitrogens with zero attached hydrogens (tertiary/aromatic N) is 2. The fraction of sp³-hybridized carbons (Fsp3) is 0.385. The first-order chi connectivity index (χ1) is 9.51. The zero-order chi connectivity index (χ0) is 14.7. The van der Waals surface area contributed by atoms with Crippen molar-refractivity contribution >= 4 is 40.7 Å². The Labute approximate surface area is 132 Å². The molecule has 1 heterocycles. The Morgan fingerprint density at radius 2 is 2.00 bits per heavy atom. The van der Waals surface area contributed by atoms with E-state index in [-0.39, 0.29) is 0 Å². The molecule has 1 aromatic heterocycles. The van der Waals surface area contributed by atoms with Crippen LogP contribution in [0, 0.1) is 0 Å². The van der Waals surface area contributed by atoms with Crippen molar-refractivity contribution in [2.45, 2.75) is 31.3 Å². The molecular weight excluding hydrogens is 317 g/mol. The minimum Gasteiger partial charge on any atom is -0.396 e. The van der Waals surface area contributed by atoms with Crippen LogP contribution in [0.25, 0.3) is 11.5 Å². The van der Waals surface area contributed by atoms with E-state index in [1.165, 1.54) is 0 Å². The highest BCUT2D eigenvalue weighted by Crippen LogP contribution is 2.33. The molecule has 20 heavy (non-hydrogen) atoms. The molecule has 0 aliphatic carbocycles. The maximum Gasteiger partial charge on any atom is 0.258 e. The number of hydrogen-bond acceptors (Lipinski definition) is 5. The van der Waals surface area contributed by atoms with E-state index in [1.54, 1.807) is 23.9 Å². The summed E-state index contributed by atoms with van der Waals surface area (Å²) in [6.45, 7) is 4.32. The van der Waals surface area contributed by atoms with Crippen molar-refractivity contribution in [3.05, 3.63) is 28.0 Å². The van der Waals surface area contributed by atoms with E-state index in [4.69, 9.17) is 33.5 Å². The van der Waals surface area contributed by atoms with Gasteiger partial charge in [0, 0.05) is 10.8 Å². The van der Waals surface area contributed by atoms with Crippen LogP contribution < -0.4 is 5.73 Å². The van der Waals surface area contributed by atoms with E-state index in [9.17, 15) is 0 Å². The van der Waals surface area contributed by atoms with Crippen LogP contribution in [0.3, 0.4) is 0 Å². The van der Waals surface area contributed by atoms with Gasteiger partial charge < -0.3 is 10.3 Å². The van der Waals surface area contributed by atoms with Gasteiger partial charge in [-0.1, -0.05) is 42.2 Å². The topological polar surface area (TPSA) is 64.9 Å². The molecule has 2 N–H and O–H groups in total. The van der Waals surface area contributed by atoms with Crippen LogP contribution in [-0.4, -0.2) is 15.4 Å². The molecule has 2 aromatic rings. The lowest BCUT2D eigenvalue weighted by molar-refractivity contribution is 0.425. The molecule has 108 valence electrons. The predicted octanol–water partition coefficient (Wildman–Crippen LogP) is 4.66. The first-order valence-electron chi connectivity index (χ1n) is 6.20. The summed E-state index contributed by atoms with van der Waals surface area (Å²) >= 11 is 13.8. The second-order valence-corrected chi connectivity index (χ2v) is 6.64. The molecule has 1 atom stereocenters. The molecule has 0 radical (unpaired) electrons. The monoisotopic (exact) mass is 331 g/mol. The van der Waals surface area contributed by atoms with E-state index in [1.807, 2.05) is 0 Å². The average Bonchev–Trinajstić information content (AvgIpc) is 2.90. The number of nitrogens with two attached hydrogens (primary N) is 1. The molecule has 2 rings (SSSR count). The minimum absolute atomic E-state index is 0.351. The van der Waals surface area contributed by atoms with E-state index in [2.05, 4.69) is 24.0 Å². The molecule has 0 aliphatic heterocycles. The Morgan fingerprint density at radius 3 is 2.60 bits per heavy atom. The summed E-state index contributed by atoms with van der Waals surface area (Å²) in [6, 6.07) is 3.34. The Kier molecular flexibility index (Phi) is 5.18. The third-order valence-corrected chi connectivity index (χ3v) is 4.82. The molecule has 0 aliphatic rings. The Bertz CT molecular complexity index is 580. The van der Waals surface area contributed by atoms with Crippen LogP contribution in [0.5, 0.6) is 0 Å². The first kappa shape index (κ1) is 15.5. The predicted molar refractivity (Wildman–Crippen MR) is 85.2 cm³/mol. The molecule has 0 spiro atoms. The molecule has 0 fully saturated rings. The lowest BCUT2D eigenvalue weighted by Crippen LogP contribution is -1.94. The third kappa shape index (κ3) is 3.59. The van der Waals surface area contributed by atoms with Gasteiger partial charge in [-0.2, -0.15) is 16.7 Å². The SMILES string of the molecule is CCC(C)SCc1noc(-c2cc(Cl)c(N)c(Cl)c2)n1. The summed E-state index contributed by atoms with van der Waals surface area (Å²) in [5.41, 5.74) is 6.72. The number of hydrogen-bond donors (Lipinski definition) is 1. The normalized spacial score (nSPS) is 12.6. The molecule has 1 aromatic carbocycles. The molecule has 4 nitrogen and oxygen atoms in total. The van der Waals surface area contributed by atoms with E-state index in [0.717, 1.165) is 12.2 Å². The highest BCUT2D eigenvalue weighted by Gasteiger charge is 2.13. The van der Waals surface area contributed by atoms with Gasteiger partial charge in [0.05, 0.1) is 21.5 Å². The first-order valence-corrected chi connectivity index (χ1v) is 8.00. The second-order valence-electron chi connectivity index (χ2n) is 4.40. The van der Waals surface area contributed by atoms with Gasteiger partial charge in [0.2, 0.25) is 0 Å². The lowest BCUT2D eigenvalue weighted by Gasteiger charge is -2.04. The largest absolute Gasteiger partial charge is 0.396 e. The Morgan fingerprint density at radius 1 is 1.35 bits per heavy atom. The van der Waals surface area contributed by atoms with Gasteiger partial charge in [-0.15, -0.1) is 0 Å².